The van der Waals surface area contributed by atoms with Crippen LogP contribution >= 0.6 is 0 Å². The molecule has 1 atom stereocenters. The van der Waals surface area contributed by atoms with E-state index < -0.39 is 0 Å². The summed E-state index contributed by atoms with van der Waals surface area (Å²) in [6.45, 7) is 8.72. The normalized spacial score (nSPS) is 19.7. The summed E-state index contributed by atoms with van der Waals surface area (Å²) in [5.74, 6) is 0.914. The number of nitrogens with one attached hydrogen (secondary N) is 2. The van der Waals surface area contributed by atoms with E-state index in [1.54, 1.807) is 0 Å². The van der Waals surface area contributed by atoms with Crippen molar-refractivity contribution >= 4 is 5.96 Å². The lowest BCUT2D eigenvalue weighted by Gasteiger charge is -2.29. The lowest BCUT2D eigenvalue weighted by molar-refractivity contribution is 0.245. The predicted octanol–water partition coefficient (Wildman–Crippen LogP) is 2.47. The van der Waals surface area contributed by atoms with Crippen molar-refractivity contribution in [2.24, 2.45) is 4.99 Å². The number of hydrogen-bond acceptors (Lipinski definition) is 3. The molecule has 0 radical (unpaired) electrons. The second-order valence-corrected chi connectivity index (χ2v) is 7.41. The molecular formula is C21H35N5. The molecule has 0 amide bonds. The smallest absolute Gasteiger partial charge is 0.191 e. The SMILES string of the molecule is CCN(CCNC(=NC)NCC(c1ccccc1)N1CCCC1)C1CC1. The number of guanidine groups is 1. The van der Waals surface area contributed by atoms with Crippen LogP contribution in [0.3, 0.4) is 0 Å². The average Bonchev–Trinajstić information content (AvgIpc) is 3.39. The van der Waals surface area contributed by atoms with Crippen LogP contribution in [0.25, 0.3) is 0 Å². The summed E-state index contributed by atoms with van der Waals surface area (Å²) in [5.41, 5.74) is 1.39. The summed E-state index contributed by atoms with van der Waals surface area (Å²) in [5, 5.41) is 7.05. The van der Waals surface area contributed by atoms with E-state index in [9.17, 15) is 0 Å². The average molecular weight is 358 g/mol. The Balaban J connectivity index is 1.49. The Bertz CT molecular complexity index is 549. The van der Waals surface area contributed by atoms with Crippen molar-refractivity contribution in [1.82, 2.24) is 20.4 Å². The largest absolute Gasteiger partial charge is 0.355 e. The molecule has 26 heavy (non-hydrogen) atoms. The van der Waals surface area contributed by atoms with Crippen molar-refractivity contribution in [3.63, 3.8) is 0 Å². The van der Waals surface area contributed by atoms with Crippen LogP contribution in [0.4, 0.5) is 0 Å². The molecular weight excluding hydrogens is 322 g/mol. The van der Waals surface area contributed by atoms with Gasteiger partial charge in [-0.3, -0.25) is 14.8 Å². The van der Waals surface area contributed by atoms with Gasteiger partial charge in [0.2, 0.25) is 0 Å². The number of hydrogen-bond donors (Lipinski definition) is 2. The summed E-state index contributed by atoms with van der Waals surface area (Å²) in [6.07, 6.45) is 5.36. The molecule has 0 bridgehead atoms. The van der Waals surface area contributed by atoms with Gasteiger partial charge in [-0.25, -0.2) is 0 Å². The fourth-order valence-corrected chi connectivity index (χ4v) is 3.96. The van der Waals surface area contributed by atoms with Crippen LogP contribution in [0.2, 0.25) is 0 Å². The Morgan fingerprint density at radius 2 is 1.92 bits per heavy atom. The first kappa shape index (κ1) is 19.2. The van der Waals surface area contributed by atoms with Crippen LogP contribution in [0.5, 0.6) is 0 Å². The highest BCUT2D eigenvalue weighted by Gasteiger charge is 2.27. The topological polar surface area (TPSA) is 42.9 Å². The van der Waals surface area contributed by atoms with Gasteiger partial charge in [-0.2, -0.15) is 0 Å². The third-order valence-electron chi connectivity index (χ3n) is 5.61. The van der Waals surface area contributed by atoms with E-state index in [1.807, 2.05) is 7.05 Å². The molecule has 2 aliphatic rings. The van der Waals surface area contributed by atoms with Crippen LogP contribution in [-0.2, 0) is 0 Å². The van der Waals surface area contributed by atoms with Gasteiger partial charge in [0, 0.05) is 32.7 Å². The molecule has 1 aliphatic carbocycles. The highest BCUT2D eigenvalue weighted by molar-refractivity contribution is 5.79. The van der Waals surface area contributed by atoms with Crippen molar-refractivity contribution in [3.8, 4) is 0 Å². The molecule has 2 N–H and O–H groups in total. The van der Waals surface area contributed by atoms with E-state index in [0.29, 0.717) is 6.04 Å². The highest BCUT2D eigenvalue weighted by Crippen LogP contribution is 2.26. The molecule has 5 heteroatoms. The zero-order valence-corrected chi connectivity index (χ0v) is 16.5. The number of rotatable bonds is 9. The van der Waals surface area contributed by atoms with E-state index in [1.165, 1.54) is 44.3 Å². The maximum atomic E-state index is 4.42. The Hall–Kier alpha value is -1.59. The van der Waals surface area contributed by atoms with Gasteiger partial charge in [0.25, 0.3) is 0 Å². The number of likely N-dealkylation sites (N-methyl/N-ethyl adjacent to an activating group) is 1. The minimum atomic E-state index is 0.413. The fourth-order valence-electron chi connectivity index (χ4n) is 3.96. The summed E-state index contributed by atoms with van der Waals surface area (Å²) in [6, 6.07) is 12.1. The molecule has 1 saturated heterocycles. The monoisotopic (exact) mass is 357 g/mol. The second-order valence-electron chi connectivity index (χ2n) is 7.41. The molecule has 144 valence electrons. The van der Waals surface area contributed by atoms with Gasteiger partial charge in [-0.1, -0.05) is 37.3 Å². The fraction of sp³-hybridized carbons (Fsp3) is 0.667. The maximum Gasteiger partial charge on any atom is 0.191 e. The van der Waals surface area contributed by atoms with Gasteiger partial charge >= 0.3 is 0 Å². The van der Waals surface area contributed by atoms with Crippen LogP contribution in [0, 0.1) is 0 Å². The Morgan fingerprint density at radius 1 is 1.19 bits per heavy atom. The van der Waals surface area contributed by atoms with Gasteiger partial charge < -0.3 is 10.6 Å². The summed E-state index contributed by atoms with van der Waals surface area (Å²) in [4.78, 5) is 9.59. The summed E-state index contributed by atoms with van der Waals surface area (Å²) < 4.78 is 0. The van der Waals surface area contributed by atoms with Gasteiger partial charge in [0.15, 0.2) is 5.96 Å². The van der Waals surface area contributed by atoms with E-state index in [-0.39, 0.29) is 0 Å². The van der Waals surface area contributed by atoms with E-state index in [0.717, 1.165) is 38.2 Å². The highest BCUT2D eigenvalue weighted by atomic mass is 15.2. The third kappa shape index (κ3) is 5.45. The zero-order valence-electron chi connectivity index (χ0n) is 16.5. The molecule has 2 fully saturated rings. The van der Waals surface area contributed by atoms with Crippen LogP contribution in [-0.4, -0.2) is 68.1 Å². The minimum absolute atomic E-state index is 0.413. The van der Waals surface area contributed by atoms with Crippen LogP contribution in [0.15, 0.2) is 35.3 Å². The van der Waals surface area contributed by atoms with E-state index in [4.69, 9.17) is 0 Å². The lowest BCUT2D eigenvalue weighted by atomic mass is 10.1. The zero-order chi connectivity index (χ0) is 18.2. The standard InChI is InChI=1S/C21H35N5/c1-3-25(19-11-12-19)16-13-23-21(22-2)24-17-20(26-14-7-8-15-26)18-9-5-4-6-10-18/h4-6,9-10,19-20H,3,7-8,11-17H2,1-2H3,(H2,22,23,24). The molecule has 0 spiro atoms. The van der Waals surface area contributed by atoms with Crippen molar-refractivity contribution in [3.05, 3.63) is 35.9 Å². The Morgan fingerprint density at radius 3 is 2.54 bits per heavy atom. The number of benzene rings is 1. The first-order valence-electron chi connectivity index (χ1n) is 10.3. The quantitative estimate of drug-likeness (QED) is 0.526. The van der Waals surface area contributed by atoms with Crippen LogP contribution in [0.1, 0.15) is 44.2 Å². The first-order valence-corrected chi connectivity index (χ1v) is 10.3. The van der Waals surface area contributed by atoms with Crippen molar-refractivity contribution < 1.29 is 0 Å². The van der Waals surface area contributed by atoms with Gasteiger partial charge in [-0.15, -0.1) is 0 Å². The summed E-state index contributed by atoms with van der Waals surface area (Å²) in [7, 11) is 1.86. The lowest BCUT2D eigenvalue weighted by Crippen LogP contribution is -2.45. The Kier molecular flexibility index (Phi) is 7.32. The predicted molar refractivity (Wildman–Crippen MR) is 110 cm³/mol. The van der Waals surface area contributed by atoms with Gasteiger partial charge in [-0.05, 0) is 50.9 Å². The Labute approximate surface area is 158 Å². The third-order valence-corrected chi connectivity index (χ3v) is 5.61. The number of likely N-dealkylation sites (tertiary alicyclic amines) is 1. The maximum absolute atomic E-state index is 4.42. The molecule has 0 aromatic heterocycles. The molecule has 5 nitrogen and oxygen atoms in total. The number of aliphatic imine (C=N–C) groups is 1. The molecule has 3 rings (SSSR count). The first-order chi connectivity index (χ1) is 12.8. The van der Waals surface area contributed by atoms with E-state index in [2.05, 4.69) is 62.7 Å². The van der Waals surface area contributed by atoms with Crippen molar-refractivity contribution in [2.45, 2.75) is 44.7 Å². The van der Waals surface area contributed by atoms with E-state index >= 15 is 0 Å². The molecule has 1 saturated carbocycles. The van der Waals surface area contributed by atoms with Crippen molar-refractivity contribution in [2.75, 3.05) is 46.3 Å². The molecule has 1 aromatic carbocycles. The molecule has 1 unspecified atom stereocenters. The molecule has 1 heterocycles. The minimum Gasteiger partial charge on any atom is -0.355 e. The van der Waals surface area contributed by atoms with Crippen molar-refractivity contribution in [1.29, 1.82) is 0 Å². The van der Waals surface area contributed by atoms with Crippen LogP contribution < -0.4 is 10.6 Å². The molecule has 1 aromatic rings. The van der Waals surface area contributed by atoms with Gasteiger partial charge in [0.05, 0.1) is 6.04 Å². The number of nitrogens with zero attached hydrogens (tertiary/aromatic N) is 3. The summed E-state index contributed by atoms with van der Waals surface area (Å²) >= 11 is 0. The second kappa shape index (κ2) is 9.93. The molecule has 1 aliphatic heterocycles. The van der Waals surface area contributed by atoms with Gasteiger partial charge in [0.1, 0.15) is 0 Å².